The highest BCUT2D eigenvalue weighted by molar-refractivity contribution is 5.75. The molecular weight excluding hydrogens is 204 g/mol. The van der Waals surface area contributed by atoms with E-state index in [1.807, 2.05) is 20.9 Å². The first kappa shape index (κ1) is 13.5. The summed E-state index contributed by atoms with van der Waals surface area (Å²) in [7, 11) is 1.99. The Hall–Kier alpha value is -0.610. The number of carbonyl (C=O) groups excluding carboxylic acids is 1. The lowest BCUT2D eigenvalue weighted by molar-refractivity contribution is -0.149. The van der Waals surface area contributed by atoms with E-state index in [2.05, 4.69) is 10.2 Å². The Labute approximate surface area is 98.3 Å². The number of piperidine rings is 1. The van der Waals surface area contributed by atoms with Crippen LogP contribution in [0.15, 0.2) is 0 Å². The Kier molecular flexibility index (Phi) is 5.77. The number of hydrogen-bond donors (Lipinski definition) is 1. The van der Waals surface area contributed by atoms with E-state index in [9.17, 15) is 4.79 Å². The van der Waals surface area contributed by atoms with Gasteiger partial charge in [0.1, 0.15) is 6.04 Å². The minimum absolute atomic E-state index is 0.0875. The highest BCUT2D eigenvalue weighted by Gasteiger charge is 2.26. The van der Waals surface area contributed by atoms with Crippen LogP contribution in [0.5, 0.6) is 0 Å². The molecule has 0 aromatic heterocycles. The fourth-order valence-corrected chi connectivity index (χ4v) is 2.24. The van der Waals surface area contributed by atoms with Crippen molar-refractivity contribution >= 4 is 5.97 Å². The van der Waals surface area contributed by atoms with Gasteiger partial charge in [-0.25, -0.2) is 0 Å². The molecule has 1 unspecified atom stereocenters. The van der Waals surface area contributed by atoms with Gasteiger partial charge < -0.3 is 10.1 Å². The maximum Gasteiger partial charge on any atom is 0.323 e. The largest absolute Gasteiger partial charge is 0.465 e. The number of esters is 1. The minimum Gasteiger partial charge on any atom is -0.465 e. The SMILES string of the molecule is CCOC(=O)C(C)N1CCC(CNC)CC1. The summed E-state index contributed by atoms with van der Waals surface area (Å²) >= 11 is 0. The second-order valence-corrected chi connectivity index (χ2v) is 4.47. The molecular formula is C12H24N2O2. The molecule has 0 aromatic rings. The first-order chi connectivity index (χ1) is 7.69. The van der Waals surface area contributed by atoms with E-state index >= 15 is 0 Å². The van der Waals surface area contributed by atoms with Gasteiger partial charge in [-0.1, -0.05) is 0 Å². The summed E-state index contributed by atoms with van der Waals surface area (Å²) in [5.41, 5.74) is 0. The van der Waals surface area contributed by atoms with Crippen molar-refractivity contribution in [3.8, 4) is 0 Å². The molecule has 4 nitrogen and oxygen atoms in total. The lowest BCUT2D eigenvalue weighted by atomic mass is 9.96. The summed E-state index contributed by atoms with van der Waals surface area (Å²) in [5, 5.41) is 3.21. The van der Waals surface area contributed by atoms with Gasteiger partial charge in [-0.15, -0.1) is 0 Å². The van der Waals surface area contributed by atoms with Crippen molar-refractivity contribution in [1.29, 1.82) is 0 Å². The molecule has 0 amide bonds. The summed E-state index contributed by atoms with van der Waals surface area (Å²) < 4.78 is 5.04. The van der Waals surface area contributed by atoms with Crippen molar-refractivity contribution in [3.05, 3.63) is 0 Å². The van der Waals surface area contributed by atoms with E-state index in [1.54, 1.807) is 0 Å². The van der Waals surface area contributed by atoms with Crippen LogP contribution in [0.3, 0.4) is 0 Å². The summed E-state index contributed by atoms with van der Waals surface area (Å²) in [5.74, 6) is 0.671. The van der Waals surface area contributed by atoms with Gasteiger partial charge in [-0.05, 0) is 59.3 Å². The first-order valence-corrected chi connectivity index (χ1v) is 6.24. The third kappa shape index (κ3) is 3.76. The highest BCUT2D eigenvalue weighted by atomic mass is 16.5. The Balaban J connectivity index is 2.32. The average Bonchev–Trinajstić information content (AvgIpc) is 2.30. The van der Waals surface area contributed by atoms with Crippen LogP contribution < -0.4 is 5.32 Å². The molecule has 1 fully saturated rings. The van der Waals surface area contributed by atoms with Crippen LogP contribution >= 0.6 is 0 Å². The molecule has 0 saturated carbocycles. The molecule has 94 valence electrons. The lowest BCUT2D eigenvalue weighted by Gasteiger charge is -2.34. The van der Waals surface area contributed by atoms with Crippen LogP contribution in [0.25, 0.3) is 0 Å². The molecule has 1 heterocycles. The molecule has 16 heavy (non-hydrogen) atoms. The van der Waals surface area contributed by atoms with Crippen LogP contribution in [-0.2, 0) is 9.53 Å². The Morgan fingerprint density at radius 3 is 2.62 bits per heavy atom. The van der Waals surface area contributed by atoms with Crippen LogP contribution in [0.1, 0.15) is 26.7 Å². The van der Waals surface area contributed by atoms with Crippen LogP contribution in [0, 0.1) is 5.92 Å². The van der Waals surface area contributed by atoms with Gasteiger partial charge in [0.25, 0.3) is 0 Å². The predicted molar refractivity (Wildman–Crippen MR) is 64.3 cm³/mol. The number of nitrogens with zero attached hydrogens (tertiary/aromatic N) is 1. The molecule has 0 aliphatic carbocycles. The first-order valence-electron chi connectivity index (χ1n) is 6.24. The zero-order valence-electron chi connectivity index (χ0n) is 10.7. The van der Waals surface area contributed by atoms with Crippen molar-refractivity contribution in [2.24, 2.45) is 5.92 Å². The monoisotopic (exact) mass is 228 g/mol. The van der Waals surface area contributed by atoms with Gasteiger partial charge in [-0.3, -0.25) is 9.69 Å². The van der Waals surface area contributed by atoms with Gasteiger partial charge in [0.2, 0.25) is 0 Å². The van der Waals surface area contributed by atoms with Gasteiger partial charge in [0.15, 0.2) is 0 Å². The van der Waals surface area contributed by atoms with E-state index in [0.717, 1.165) is 25.6 Å². The predicted octanol–water partition coefficient (Wildman–Crippen LogP) is 0.869. The van der Waals surface area contributed by atoms with Gasteiger partial charge in [0.05, 0.1) is 6.61 Å². The van der Waals surface area contributed by atoms with Crippen LogP contribution in [0.4, 0.5) is 0 Å². The number of nitrogens with one attached hydrogen (secondary N) is 1. The lowest BCUT2D eigenvalue weighted by Crippen LogP contribution is -2.45. The summed E-state index contributed by atoms with van der Waals surface area (Å²) in [4.78, 5) is 13.8. The smallest absolute Gasteiger partial charge is 0.323 e. The molecule has 0 aromatic carbocycles. The van der Waals surface area contributed by atoms with Gasteiger partial charge >= 0.3 is 5.97 Å². The Morgan fingerprint density at radius 1 is 1.50 bits per heavy atom. The van der Waals surface area contributed by atoms with E-state index < -0.39 is 0 Å². The number of rotatable bonds is 5. The maximum atomic E-state index is 11.6. The molecule has 1 atom stereocenters. The zero-order valence-corrected chi connectivity index (χ0v) is 10.7. The molecule has 1 rings (SSSR count). The topological polar surface area (TPSA) is 41.6 Å². The fraction of sp³-hybridized carbons (Fsp3) is 0.917. The van der Waals surface area contributed by atoms with Crippen molar-refractivity contribution in [3.63, 3.8) is 0 Å². The van der Waals surface area contributed by atoms with Crippen molar-refractivity contribution < 1.29 is 9.53 Å². The minimum atomic E-state index is -0.0884. The fourth-order valence-electron chi connectivity index (χ4n) is 2.24. The third-order valence-electron chi connectivity index (χ3n) is 3.32. The van der Waals surface area contributed by atoms with Gasteiger partial charge in [0, 0.05) is 0 Å². The van der Waals surface area contributed by atoms with Crippen molar-refractivity contribution in [1.82, 2.24) is 10.2 Å². The third-order valence-corrected chi connectivity index (χ3v) is 3.32. The van der Waals surface area contributed by atoms with Crippen molar-refractivity contribution in [2.75, 3.05) is 33.3 Å². The van der Waals surface area contributed by atoms with E-state index in [0.29, 0.717) is 6.61 Å². The summed E-state index contributed by atoms with van der Waals surface area (Å²) in [6, 6.07) is -0.0875. The Morgan fingerprint density at radius 2 is 2.12 bits per heavy atom. The number of likely N-dealkylation sites (tertiary alicyclic amines) is 1. The maximum absolute atomic E-state index is 11.6. The number of hydrogen-bond acceptors (Lipinski definition) is 4. The molecule has 0 radical (unpaired) electrons. The van der Waals surface area contributed by atoms with E-state index in [-0.39, 0.29) is 12.0 Å². The number of ether oxygens (including phenoxy) is 1. The average molecular weight is 228 g/mol. The molecule has 0 bridgehead atoms. The summed E-state index contributed by atoms with van der Waals surface area (Å²) in [6.45, 7) is 7.36. The van der Waals surface area contributed by atoms with Crippen LogP contribution in [0.2, 0.25) is 0 Å². The quantitative estimate of drug-likeness (QED) is 0.709. The molecule has 0 spiro atoms. The molecule has 4 heteroatoms. The van der Waals surface area contributed by atoms with Gasteiger partial charge in [-0.2, -0.15) is 0 Å². The zero-order chi connectivity index (χ0) is 12.0. The number of carbonyl (C=O) groups is 1. The van der Waals surface area contributed by atoms with Crippen molar-refractivity contribution in [2.45, 2.75) is 32.7 Å². The molecule has 1 aliphatic heterocycles. The standard InChI is InChI=1S/C12H24N2O2/c1-4-16-12(15)10(2)14-7-5-11(6-8-14)9-13-3/h10-11,13H,4-9H2,1-3H3. The highest BCUT2D eigenvalue weighted by Crippen LogP contribution is 2.18. The summed E-state index contributed by atoms with van der Waals surface area (Å²) in [6.07, 6.45) is 2.34. The molecule has 1 N–H and O–H groups in total. The Bertz CT molecular complexity index is 213. The normalized spacial score (nSPS) is 20.7. The van der Waals surface area contributed by atoms with Crippen LogP contribution in [-0.4, -0.2) is 50.2 Å². The van der Waals surface area contributed by atoms with E-state index in [4.69, 9.17) is 4.74 Å². The second kappa shape index (κ2) is 6.86. The second-order valence-electron chi connectivity index (χ2n) is 4.47. The van der Waals surface area contributed by atoms with E-state index in [1.165, 1.54) is 12.8 Å². The molecule has 1 aliphatic rings. The molecule has 1 saturated heterocycles.